The van der Waals surface area contributed by atoms with Gasteiger partial charge in [0.2, 0.25) is 0 Å². The molecular formula is C11H21N. The van der Waals surface area contributed by atoms with E-state index in [0.717, 1.165) is 23.7 Å². The third kappa shape index (κ3) is 1.28. The molecule has 1 heterocycles. The van der Waals surface area contributed by atoms with Crippen molar-refractivity contribution < 1.29 is 0 Å². The van der Waals surface area contributed by atoms with Crippen LogP contribution in [0.25, 0.3) is 0 Å². The third-order valence-corrected chi connectivity index (χ3v) is 4.09. The molecule has 0 N–H and O–H groups in total. The third-order valence-electron chi connectivity index (χ3n) is 4.09. The van der Waals surface area contributed by atoms with E-state index in [1.165, 1.54) is 25.9 Å². The molecule has 0 unspecified atom stereocenters. The zero-order chi connectivity index (χ0) is 8.72. The number of fused-ring (bicyclic) bond motifs is 1. The number of nitrogens with zero attached hydrogens (tertiary/aromatic N) is 1. The molecule has 0 aromatic heterocycles. The molecule has 1 saturated heterocycles. The summed E-state index contributed by atoms with van der Waals surface area (Å²) in [4.78, 5) is 2.52. The van der Waals surface area contributed by atoms with Gasteiger partial charge in [0.25, 0.3) is 0 Å². The Morgan fingerprint density at radius 3 is 2.42 bits per heavy atom. The first kappa shape index (κ1) is 8.55. The van der Waals surface area contributed by atoms with E-state index in [0.29, 0.717) is 0 Å². The number of rotatable bonds is 0. The van der Waals surface area contributed by atoms with E-state index in [-0.39, 0.29) is 0 Å². The summed E-state index contributed by atoms with van der Waals surface area (Å²) in [6.45, 7) is 7.56. The molecule has 1 aliphatic carbocycles. The van der Waals surface area contributed by atoms with Gasteiger partial charge >= 0.3 is 0 Å². The predicted molar refractivity (Wildman–Crippen MR) is 52.0 cm³/mol. The lowest BCUT2D eigenvalue weighted by atomic mass is 9.79. The monoisotopic (exact) mass is 167 g/mol. The van der Waals surface area contributed by atoms with Gasteiger partial charge in [-0.3, -0.25) is 0 Å². The average Bonchev–Trinajstić information content (AvgIpc) is 2.33. The molecule has 1 nitrogen and oxygen atoms in total. The van der Waals surface area contributed by atoms with Crippen molar-refractivity contribution in [2.75, 3.05) is 20.1 Å². The summed E-state index contributed by atoms with van der Waals surface area (Å²) in [5.41, 5.74) is 0. The van der Waals surface area contributed by atoms with Crippen LogP contribution in [0.15, 0.2) is 0 Å². The van der Waals surface area contributed by atoms with Crippen LogP contribution < -0.4 is 0 Å². The molecular weight excluding hydrogens is 146 g/mol. The van der Waals surface area contributed by atoms with Crippen molar-refractivity contribution in [1.29, 1.82) is 0 Å². The normalized spacial score (nSPS) is 49.2. The smallest absolute Gasteiger partial charge is 0.00120 e. The fourth-order valence-electron chi connectivity index (χ4n) is 3.39. The van der Waals surface area contributed by atoms with Gasteiger partial charge in [0.15, 0.2) is 0 Å². The van der Waals surface area contributed by atoms with Gasteiger partial charge in [0, 0.05) is 13.1 Å². The summed E-state index contributed by atoms with van der Waals surface area (Å²) < 4.78 is 0. The summed E-state index contributed by atoms with van der Waals surface area (Å²) in [6, 6.07) is 0. The van der Waals surface area contributed by atoms with Gasteiger partial charge in [-0.15, -0.1) is 0 Å². The SMILES string of the molecule is C[C@@H]1CC[C@@H]2[C@H]1CN(C)C[C@@H]2C. The van der Waals surface area contributed by atoms with Crippen LogP contribution in [-0.4, -0.2) is 25.0 Å². The topological polar surface area (TPSA) is 3.24 Å². The second kappa shape index (κ2) is 3.02. The molecule has 0 radical (unpaired) electrons. The Labute approximate surface area is 76.1 Å². The highest BCUT2D eigenvalue weighted by Crippen LogP contribution is 2.43. The van der Waals surface area contributed by atoms with Crippen LogP contribution >= 0.6 is 0 Å². The molecule has 0 aromatic rings. The lowest BCUT2D eigenvalue weighted by Crippen LogP contribution is -2.42. The van der Waals surface area contributed by atoms with Crippen LogP contribution in [-0.2, 0) is 0 Å². The Bertz CT molecular complexity index is 166. The van der Waals surface area contributed by atoms with E-state index < -0.39 is 0 Å². The van der Waals surface area contributed by atoms with Gasteiger partial charge in [0.05, 0.1) is 0 Å². The predicted octanol–water partition coefficient (Wildman–Crippen LogP) is 2.23. The lowest BCUT2D eigenvalue weighted by molar-refractivity contribution is 0.0927. The van der Waals surface area contributed by atoms with Gasteiger partial charge in [0.1, 0.15) is 0 Å². The largest absolute Gasteiger partial charge is 0.306 e. The molecule has 1 aliphatic heterocycles. The Hall–Kier alpha value is -0.0400. The minimum atomic E-state index is 0.943. The van der Waals surface area contributed by atoms with Crippen molar-refractivity contribution in [3.05, 3.63) is 0 Å². The molecule has 0 bridgehead atoms. The van der Waals surface area contributed by atoms with Crippen LogP contribution in [0.5, 0.6) is 0 Å². The van der Waals surface area contributed by atoms with E-state index in [1.807, 2.05) is 0 Å². The van der Waals surface area contributed by atoms with Gasteiger partial charge in [-0.1, -0.05) is 20.3 Å². The number of hydrogen-bond acceptors (Lipinski definition) is 1. The second-order valence-electron chi connectivity index (χ2n) is 5.08. The molecule has 1 saturated carbocycles. The molecule has 4 atom stereocenters. The summed E-state index contributed by atoms with van der Waals surface area (Å²) in [7, 11) is 2.28. The van der Waals surface area contributed by atoms with E-state index in [1.54, 1.807) is 0 Å². The maximum Gasteiger partial charge on any atom is 0.00120 e. The van der Waals surface area contributed by atoms with Crippen molar-refractivity contribution in [3.63, 3.8) is 0 Å². The summed E-state index contributed by atoms with van der Waals surface area (Å²) in [6.07, 6.45) is 2.98. The van der Waals surface area contributed by atoms with Crippen molar-refractivity contribution in [1.82, 2.24) is 4.90 Å². The molecule has 1 heteroatoms. The van der Waals surface area contributed by atoms with Gasteiger partial charge in [-0.2, -0.15) is 0 Å². The summed E-state index contributed by atoms with van der Waals surface area (Å²) in [5, 5.41) is 0. The van der Waals surface area contributed by atoms with Crippen LogP contribution in [0.3, 0.4) is 0 Å². The van der Waals surface area contributed by atoms with Gasteiger partial charge in [-0.05, 0) is 37.1 Å². The summed E-state index contributed by atoms with van der Waals surface area (Å²) >= 11 is 0. The van der Waals surface area contributed by atoms with Gasteiger partial charge < -0.3 is 4.90 Å². The first-order valence-electron chi connectivity index (χ1n) is 5.37. The minimum Gasteiger partial charge on any atom is -0.306 e. The Balaban J connectivity index is 2.08. The molecule has 0 amide bonds. The van der Waals surface area contributed by atoms with Crippen molar-refractivity contribution >= 4 is 0 Å². The number of piperidine rings is 1. The van der Waals surface area contributed by atoms with E-state index in [2.05, 4.69) is 25.8 Å². The summed E-state index contributed by atoms with van der Waals surface area (Å²) in [5.74, 6) is 3.99. The average molecular weight is 167 g/mol. The molecule has 2 rings (SSSR count). The van der Waals surface area contributed by atoms with Crippen molar-refractivity contribution in [2.45, 2.75) is 26.7 Å². The zero-order valence-corrected chi connectivity index (χ0v) is 8.59. The number of likely N-dealkylation sites (tertiary alicyclic amines) is 1. The molecule has 2 fully saturated rings. The molecule has 0 aromatic carbocycles. The molecule has 70 valence electrons. The highest BCUT2D eigenvalue weighted by molar-refractivity contribution is 4.91. The minimum absolute atomic E-state index is 0.943. The quantitative estimate of drug-likeness (QED) is 0.535. The first-order chi connectivity index (χ1) is 5.68. The van der Waals surface area contributed by atoms with Crippen molar-refractivity contribution in [3.8, 4) is 0 Å². The Kier molecular flexibility index (Phi) is 2.16. The first-order valence-corrected chi connectivity index (χ1v) is 5.37. The van der Waals surface area contributed by atoms with E-state index in [4.69, 9.17) is 0 Å². The zero-order valence-electron chi connectivity index (χ0n) is 8.59. The van der Waals surface area contributed by atoms with Crippen LogP contribution in [0.1, 0.15) is 26.7 Å². The van der Waals surface area contributed by atoms with Crippen LogP contribution in [0.2, 0.25) is 0 Å². The molecule has 12 heavy (non-hydrogen) atoms. The fourth-order valence-corrected chi connectivity index (χ4v) is 3.39. The molecule has 0 spiro atoms. The Morgan fingerprint density at radius 2 is 1.67 bits per heavy atom. The fraction of sp³-hybridized carbons (Fsp3) is 1.00. The molecule has 2 aliphatic rings. The lowest BCUT2D eigenvalue weighted by Gasteiger charge is -2.39. The van der Waals surface area contributed by atoms with Crippen LogP contribution in [0, 0.1) is 23.7 Å². The maximum absolute atomic E-state index is 2.52. The second-order valence-corrected chi connectivity index (χ2v) is 5.08. The maximum atomic E-state index is 2.52. The van der Waals surface area contributed by atoms with Gasteiger partial charge in [-0.25, -0.2) is 0 Å². The Morgan fingerprint density at radius 1 is 0.917 bits per heavy atom. The van der Waals surface area contributed by atoms with Crippen LogP contribution in [0.4, 0.5) is 0 Å². The number of hydrogen-bond donors (Lipinski definition) is 0. The highest BCUT2D eigenvalue weighted by atomic mass is 15.1. The van der Waals surface area contributed by atoms with Crippen molar-refractivity contribution in [2.24, 2.45) is 23.7 Å². The van der Waals surface area contributed by atoms with E-state index >= 15 is 0 Å². The highest BCUT2D eigenvalue weighted by Gasteiger charge is 2.40. The standard InChI is InChI=1S/C11H21N/c1-8-4-5-10-9(2)6-12(3)7-11(8)10/h8-11H,4-7H2,1-3H3/t8-,9+,10+,11+/m1/s1. The van der Waals surface area contributed by atoms with E-state index in [9.17, 15) is 0 Å².